The summed E-state index contributed by atoms with van der Waals surface area (Å²) in [6, 6.07) is 0. The number of carbonyl (C=O) groups is 2. The zero-order chi connectivity index (χ0) is 12.0. The van der Waals surface area contributed by atoms with E-state index in [1.54, 1.807) is 0 Å². The molecule has 0 atom stereocenters. The highest BCUT2D eigenvalue weighted by Crippen LogP contribution is 2.32. The number of carboxylic acids is 2. The molecule has 1 rings (SSSR count). The maximum absolute atomic E-state index is 10.5. The fourth-order valence-corrected chi connectivity index (χ4v) is 1.40. The van der Waals surface area contributed by atoms with Gasteiger partial charge in [-0.1, -0.05) is 19.4 Å². The molecule has 0 heterocycles. The van der Waals surface area contributed by atoms with Gasteiger partial charge in [-0.3, -0.25) is 4.79 Å². The van der Waals surface area contributed by atoms with Gasteiger partial charge in [-0.05, 0) is 25.2 Å². The Morgan fingerprint density at radius 1 is 1.27 bits per heavy atom. The van der Waals surface area contributed by atoms with Crippen LogP contribution in [-0.2, 0) is 9.59 Å². The molecule has 15 heavy (non-hydrogen) atoms. The van der Waals surface area contributed by atoms with Crippen LogP contribution in [0.4, 0.5) is 0 Å². The molecule has 0 aliphatic heterocycles. The molecule has 2 N–H and O–H groups in total. The number of carboxylic acid groups (broad SMARTS) is 2. The summed E-state index contributed by atoms with van der Waals surface area (Å²) in [4.78, 5) is 19.5. The third-order valence-electron chi connectivity index (χ3n) is 2.02. The van der Waals surface area contributed by atoms with Crippen LogP contribution in [0, 0.1) is 5.92 Å². The minimum atomic E-state index is -0.833. The first-order valence-electron chi connectivity index (χ1n) is 4.98. The lowest BCUT2D eigenvalue weighted by atomic mass is 9.83. The average Bonchev–Trinajstić information content (AvgIpc) is 1.95. The summed E-state index contributed by atoms with van der Waals surface area (Å²) < 4.78 is 0. The van der Waals surface area contributed by atoms with E-state index < -0.39 is 11.9 Å². The Hall–Kier alpha value is -1.32. The first-order valence-corrected chi connectivity index (χ1v) is 4.98. The van der Waals surface area contributed by atoms with Crippen molar-refractivity contribution in [2.24, 2.45) is 5.92 Å². The van der Waals surface area contributed by atoms with Crippen molar-refractivity contribution in [3.8, 4) is 0 Å². The van der Waals surface area contributed by atoms with Gasteiger partial charge >= 0.3 is 5.97 Å². The largest absolute Gasteiger partial charge is 0.481 e. The summed E-state index contributed by atoms with van der Waals surface area (Å²) in [7, 11) is 0. The van der Waals surface area contributed by atoms with Gasteiger partial charge in [0, 0.05) is 12.5 Å². The zero-order valence-corrected chi connectivity index (χ0v) is 9.41. The Morgan fingerprint density at radius 2 is 1.73 bits per heavy atom. The lowest BCUT2D eigenvalue weighted by Gasteiger charge is -2.21. The highest BCUT2D eigenvalue weighted by atomic mass is 16.4. The second-order valence-corrected chi connectivity index (χ2v) is 4.00. The lowest BCUT2D eigenvalue weighted by Crippen LogP contribution is -2.14. The van der Waals surface area contributed by atoms with Crippen molar-refractivity contribution in [2.75, 3.05) is 0 Å². The quantitative estimate of drug-likeness (QED) is 0.755. The van der Waals surface area contributed by atoms with Crippen molar-refractivity contribution in [3.05, 3.63) is 11.1 Å². The second kappa shape index (κ2) is 6.22. The zero-order valence-electron chi connectivity index (χ0n) is 9.41. The van der Waals surface area contributed by atoms with Crippen LogP contribution in [0.15, 0.2) is 11.1 Å². The number of allylic oxidation sites excluding steroid dienone is 1. The van der Waals surface area contributed by atoms with Gasteiger partial charge in [0.2, 0.25) is 0 Å². The standard InChI is InChI=1S/C9H14O2.C2H4O2/c1-6(2)5-7-3-4-8(7)9(10)11;1-2(3)4/h6H,3-5H2,1-2H3,(H,10,11);1H3,(H,3,4). The van der Waals surface area contributed by atoms with Crippen LogP contribution in [0.3, 0.4) is 0 Å². The van der Waals surface area contributed by atoms with Crippen molar-refractivity contribution in [3.63, 3.8) is 0 Å². The van der Waals surface area contributed by atoms with E-state index in [-0.39, 0.29) is 0 Å². The van der Waals surface area contributed by atoms with Gasteiger partial charge in [0.05, 0.1) is 0 Å². The van der Waals surface area contributed by atoms with E-state index in [1.165, 1.54) is 0 Å². The predicted octanol–water partition coefficient (Wildman–Crippen LogP) is 2.30. The number of aliphatic carboxylic acids is 2. The molecule has 0 bridgehead atoms. The normalized spacial score (nSPS) is 14.1. The molecule has 86 valence electrons. The van der Waals surface area contributed by atoms with E-state index in [0.29, 0.717) is 11.5 Å². The highest BCUT2D eigenvalue weighted by molar-refractivity contribution is 5.89. The van der Waals surface area contributed by atoms with Crippen molar-refractivity contribution in [1.29, 1.82) is 0 Å². The number of rotatable bonds is 3. The van der Waals surface area contributed by atoms with Gasteiger partial charge < -0.3 is 10.2 Å². The first kappa shape index (κ1) is 13.7. The summed E-state index contributed by atoms with van der Waals surface area (Å²) in [6.45, 7) is 5.32. The topological polar surface area (TPSA) is 74.6 Å². The minimum Gasteiger partial charge on any atom is -0.481 e. The third-order valence-corrected chi connectivity index (χ3v) is 2.02. The molecule has 1 aliphatic rings. The molecular weight excluding hydrogens is 196 g/mol. The summed E-state index contributed by atoms with van der Waals surface area (Å²) in [5, 5.41) is 16.1. The maximum atomic E-state index is 10.5. The predicted molar refractivity (Wildman–Crippen MR) is 56.7 cm³/mol. The van der Waals surface area contributed by atoms with E-state index in [0.717, 1.165) is 31.8 Å². The molecule has 0 saturated heterocycles. The van der Waals surface area contributed by atoms with Gasteiger partial charge in [-0.25, -0.2) is 4.79 Å². The van der Waals surface area contributed by atoms with Crippen LogP contribution in [0.25, 0.3) is 0 Å². The van der Waals surface area contributed by atoms with Gasteiger partial charge in [0.25, 0.3) is 5.97 Å². The second-order valence-electron chi connectivity index (χ2n) is 4.00. The Balaban J connectivity index is 0.000000423. The maximum Gasteiger partial charge on any atom is 0.331 e. The Labute approximate surface area is 89.6 Å². The van der Waals surface area contributed by atoms with E-state index in [9.17, 15) is 4.79 Å². The molecule has 0 unspecified atom stereocenters. The monoisotopic (exact) mass is 214 g/mol. The van der Waals surface area contributed by atoms with Crippen molar-refractivity contribution in [2.45, 2.75) is 40.0 Å². The SMILES string of the molecule is CC(=O)O.CC(C)CC1=C(C(=O)O)CC1. The van der Waals surface area contributed by atoms with E-state index in [1.807, 2.05) is 0 Å². The van der Waals surface area contributed by atoms with Crippen LogP contribution in [-0.4, -0.2) is 22.2 Å². The van der Waals surface area contributed by atoms with Crippen LogP contribution in [0.5, 0.6) is 0 Å². The van der Waals surface area contributed by atoms with Crippen LogP contribution in [0.2, 0.25) is 0 Å². The van der Waals surface area contributed by atoms with Crippen LogP contribution >= 0.6 is 0 Å². The molecule has 0 aromatic carbocycles. The van der Waals surface area contributed by atoms with E-state index in [2.05, 4.69) is 13.8 Å². The molecule has 0 radical (unpaired) electrons. The molecule has 0 spiro atoms. The average molecular weight is 214 g/mol. The summed E-state index contributed by atoms with van der Waals surface area (Å²) >= 11 is 0. The fourth-order valence-electron chi connectivity index (χ4n) is 1.40. The van der Waals surface area contributed by atoms with Gasteiger partial charge in [0.1, 0.15) is 0 Å². The first-order chi connectivity index (χ1) is 6.84. The van der Waals surface area contributed by atoms with E-state index in [4.69, 9.17) is 15.0 Å². The Morgan fingerprint density at radius 3 is 1.93 bits per heavy atom. The molecule has 1 aliphatic carbocycles. The number of hydrogen-bond acceptors (Lipinski definition) is 2. The molecule has 0 fully saturated rings. The Bertz CT molecular complexity index is 272. The molecule has 0 amide bonds. The number of hydrogen-bond donors (Lipinski definition) is 2. The Kier molecular flexibility index (Phi) is 5.67. The minimum absolute atomic E-state index is 0.583. The van der Waals surface area contributed by atoms with Crippen molar-refractivity contribution >= 4 is 11.9 Å². The molecule has 4 nitrogen and oxygen atoms in total. The molecular formula is C11H18O4. The smallest absolute Gasteiger partial charge is 0.331 e. The van der Waals surface area contributed by atoms with Crippen LogP contribution < -0.4 is 0 Å². The van der Waals surface area contributed by atoms with Crippen molar-refractivity contribution < 1.29 is 19.8 Å². The lowest BCUT2D eigenvalue weighted by molar-refractivity contribution is -0.135. The fraction of sp³-hybridized carbons (Fsp3) is 0.636. The van der Waals surface area contributed by atoms with Gasteiger partial charge in [-0.2, -0.15) is 0 Å². The molecule has 0 saturated carbocycles. The highest BCUT2D eigenvalue weighted by Gasteiger charge is 2.22. The summed E-state index contributed by atoms with van der Waals surface area (Å²) in [5.41, 5.74) is 1.83. The van der Waals surface area contributed by atoms with Crippen molar-refractivity contribution in [1.82, 2.24) is 0 Å². The third kappa shape index (κ3) is 5.88. The molecule has 0 aromatic heterocycles. The van der Waals surface area contributed by atoms with Gasteiger partial charge in [-0.15, -0.1) is 0 Å². The summed E-state index contributed by atoms with van der Waals surface area (Å²) in [5.74, 6) is -0.966. The molecule has 4 heteroatoms. The van der Waals surface area contributed by atoms with Gasteiger partial charge in [0.15, 0.2) is 0 Å². The van der Waals surface area contributed by atoms with Crippen LogP contribution in [0.1, 0.15) is 40.0 Å². The summed E-state index contributed by atoms with van der Waals surface area (Å²) in [6.07, 6.45) is 2.73. The molecule has 0 aromatic rings. The van der Waals surface area contributed by atoms with E-state index >= 15 is 0 Å².